The molecule has 1 aliphatic heterocycles. The molecule has 0 saturated carbocycles. The smallest absolute Gasteiger partial charge is 0.234 e. The normalized spacial score (nSPS) is 20.1. The summed E-state index contributed by atoms with van der Waals surface area (Å²) >= 11 is 7.12. The van der Waals surface area contributed by atoms with Crippen molar-refractivity contribution in [1.82, 2.24) is 4.90 Å². The molecule has 0 radical (unpaired) electrons. The predicted octanol–water partition coefficient (Wildman–Crippen LogP) is 5.67. The summed E-state index contributed by atoms with van der Waals surface area (Å²) in [6.07, 6.45) is 2.29. The molecule has 1 heterocycles. The predicted molar refractivity (Wildman–Crippen MR) is 127 cm³/mol. The molecule has 0 N–H and O–H groups in total. The SMILES string of the molecule is C=C[C@H](O[Si](C)(C)C(C)(C)C)[C@@H](C)C(=O)N1C(=S)SC[C@H]1Cc1ccccc1. The van der Waals surface area contributed by atoms with Crippen molar-refractivity contribution >= 4 is 42.5 Å². The zero-order valence-corrected chi connectivity index (χ0v) is 20.5. The van der Waals surface area contributed by atoms with E-state index in [4.69, 9.17) is 16.6 Å². The van der Waals surface area contributed by atoms with Gasteiger partial charge in [-0.3, -0.25) is 9.69 Å². The Morgan fingerprint density at radius 3 is 2.54 bits per heavy atom. The largest absolute Gasteiger partial charge is 0.410 e. The zero-order chi connectivity index (χ0) is 21.1. The fraction of sp³-hybridized carbons (Fsp3) is 0.545. The monoisotopic (exact) mass is 435 g/mol. The lowest BCUT2D eigenvalue weighted by atomic mass is 10.0. The molecular formula is C22H33NO2S2Si. The van der Waals surface area contributed by atoms with E-state index in [1.54, 1.807) is 17.8 Å². The summed E-state index contributed by atoms with van der Waals surface area (Å²) < 4.78 is 7.18. The number of rotatable bonds is 7. The van der Waals surface area contributed by atoms with E-state index in [2.05, 4.69) is 52.6 Å². The van der Waals surface area contributed by atoms with Crippen LogP contribution in [0, 0.1) is 5.92 Å². The average molecular weight is 436 g/mol. The molecule has 1 aromatic rings. The van der Waals surface area contributed by atoms with E-state index in [-0.39, 0.29) is 29.0 Å². The fourth-order valence-corrected chi connectivity index (χ4v) is 5.76. The summed E-state index contributed by atoms with van der Waals surface area (Å²) in [5.41, 5.74) is 1.22. The maximum Gasteiger partial charge on any atom is 0.234 e. The van der Waals surface area contributed by atoms with Gasteiger partial charge in [-0.1, -0.05) is 88.1 Å². The number of amides is 1. The number of benzene rings is 1. The summed E-state index contributed by atoms with van der Waals surface area (Å²) in [6.45, 7) is 16.9. The Hall–Kier alpha value is -0.953. The number of thiocarbonyl (C=S) groups is 1. The molecule has 0 unspecified atom stereocenters. The van der Waals surface area contributed by atoms with Crippen molar-refractivity contribution in [3.8, 4) is 0 Å². The third-order valence-corrected chi connectivity index (χ3v) is 11.9. The van der Waals surface area contributed by atoms with Crippen molar-refractivity contribution in [2.75, 3.05) is 5.75 Å². The zero-order valence-electron chi connectivity index (χ0n) is 17.9. The number of thioether (sulfide) groups is 1. The molecule has 6 heteroatoms. The van der Waals surface area contributed by atoms with Crippen molar-refractivity contribution in [3.63, 3.8) is 0 Å². The van der Waals surface area contributed by atoms with E-state index in [0.717, 1.165) is 12.2 Å². The van der Waals surface area contributed by atoms with Crippen LogP contribution in [0.3, 0.4) is 0 Å². The van der Waals surface area contributed by atoms with Crippen LogP contribution in [0.15, 0.2) is 43.0 Å². The molecule has 3 atom stereocenters. The molecule has 2 rings (SSSR count). The first kappa shape index (κ1) is 23.3. The second-order valence-electron chi connectivity index (χ2n) is 9.00. The molecule has 0 bridgehead atoms. The van der Waals surface area contributed by atoms with Gasteiger partial charge in [-0.25, -0.2) is 0 Å². The van der Waals surface area contributed by atoms with Crippen LogP contribution in [0.2, 0.25) is 18.1 Å². The van der Waals surface area contributed by atoms with Crippen LogP contribution in [-0.4, -0.2) is 41.3 Å². The van der Waals surface area contributed by atoms with Gasteiger partial charge in [0.05, 0.1) is 18.1 Å². The van der Waals surface area contributed by atoms with E-state index in [9.17, 15) is 4.79 Å². The van der Waals surface area contributed by atoms with Crippen LogP contribution in [0.4, 0.5) is 0 Å². The average Bonchev–Trinajstić information content (AvgIpc) is 2.98. The maximum atomic E-state index is 13.4. The fourth-order valence-electron chi connectivity index (χ4n) is 3.00. The summed E-state index contributed by atoms with van der Waals surface area (Å²) in [5.74, 6) is 0.565. The number of carbonyl (C=O) groups excluding carboxylic acids is 1. The summed E-state index contributed by atoms with van der Waals surface area (Å²) in [7, 11) is -2.01. The molecule has 1 saturated heterocycles. The Morgan fingerprint density at radius 2 is 2.00 bits per heavy atom. The van der Waals surface area contributed by atoms with Crippen molar-refractivity contribution in [2.45, 2.75) is 64.4 Å². The second-order valence-corrected chi connectivity index (χ2v) is 15.4. The van der Waals surface area contributed by atoms with Crippen LogP contribution in [-0.2, 0) is 15.6 Å². The van der Waals surface area contributed by atoms with Gasteiger partial charge < -0.3 is 4.43 Å². The molecule has 1 aromatic carbocycles. The van der Waals surface area contributed by atoms with Crippen LogP contribution in [0.25, 0.3) is 0 Å². The van der Waals surface area contributed by atoms with Gasteiger partial charge in [0.25, 0.3) is 0 Å². The number of carbonyl (C=O) groups is 1. The van der Waals surface area contributed by atoms with Crippen LogP contribution >= 0.6 is 24.0 Å². The van der Waals surface area contributed by atoms with E-state index in [1.165, 1.54) is 5.56 Å². The highest BCUT2D eigenvalue weighted by Crippen LogP contribution is 2.38. The highest BCUT2D eigenvalue weighted by atomic mass is 32.2. The molecule has 0 spiro atoms. The lowest BCUT2D eigenvalue weighted by Gasteiger charge is -2.40. The van der Waals surface area contributed by atoms with Gasteiger partial charge >= 0.3 is 0 Å². The lowest BCUT2D eigenvalue weighted by Crippen LogP contribution is -2.49. The standard InChI is InChI=1S/C22H33NO2S2Si/c1-8-19(25-28(6,7)22(3,4)5)16(2)20(24)23-18(15-27-21(23)26)14-17-12-10-9-11-13-17/h8-13,16,18-19H,1,14-15H2,2-7H3/t16-,18-,19+/m1/s1. The number of hydrogen-bond acceptors (Lipinski definition) is 4. The van der Waals surface area contributed by atoms with E-state index < -0.39 is 8.32 Å². The Bertz CT molecular complexity index is 715. The van der Waals surface area contributed by atoms with Gasteiger partial charge in [-0.2, -0.15) is 0 Å². The molecule has 1 amide bonds. The number of hydrogen-bond donors (Lipinski definition) is 0. The van der Waals surface area contributed by atoms with Gasteiger partial charge in [-0.15, -0.1) is 6.58 Å². The number of nitrogens with zero attached hydrogens (tertiary/aromatic N) is 1. The van der Waals surface area contributed by atoms with Gasteiger partial charge in [-0.05, 0) is 30.1 Å². The van der Waals surface area contributed by atoms with Crippen LogP contribution < -0.4 is 0 Å². The minimum Gasteiger partial charge on any atom is -0.410 e. The Balaban J connectivity index is 2.16. The highest BCUT2D eigenvalue weighted by Gasteiger charge is 2.43. The van der Waals surface area contributed by atoms with Gasteiger partial charge in [0.15, 0.2) is 8.32 Å². The molecular weight excluding hydrogens is 402 g/mol. The van der Waals surface area contributed by atoms with Crippen molar-refractivity contribution < 1.29 is 9.22 Å². The summed E-state index contributed by atoms with van der Waals surface area (Å²) in [4.78, 5) is 15.2. The van der Waals surface area contributed by atoms with Crippen molar-refractivity contribution in [1.29, 1.82) is 0 Å². The van der Waals surface area contributed by atoms with Gasteiger partial charge in [0.2, 0.25) is 5.91 Å². The first-order valence-electron chi connectivity index (χ1n) is 9.82. The quantitative estimate of drug-likeness (QED) is 0.313. The molecule has 28 heavy (non-hydrogen) atoms. The first-order chi connectivity index (χ1) is 13.0. The third kappa shape index (κ3) is 5.35. The highest BCUT2D eigenvalue weighted by molar-refractivity contribution is 8.23. The molecule has 1 fully saturated rings. The summed E-state index contributed by atoms with van der Waals surface area (Å²) in [6, 6.07) is 10.4. The Morgan fingerprint density at radius 1 is 1.39 bits per heavy atom. The first-order valence-corrected chi connectivity index (χ1v) is 14.1. The molecule has 0 aliphatic carbocycles. The second kappa shape index (κ2) is 9.24. The Labute approximate surface area is 181 Å². The molecule has 1 aliphatic rings. The minimum atomic E-state index is -2.01. The lowest BCUT2D eigenvalue weighted by molar-refractivity contribution is -0.134. The van der Waals surface area contributed by atoms with E-state index in [1.807, 2.05) is 30.0 Å². The molecule has 0 aromatic heterocycles. The van der Waals surface area contributed by atoms with Gasteiger partial charge in [0.1, 0.15) is 4.32 Å². The van der Waals surface area contributed by atoms with E-state index >= 15 is 0 Å². The van der Waals surface area contributed by atoms with Crippen molar-refractivity contribution in [2.24, 2.45) is 5.92 Å². The minimum absolute atomic E-state index is 0.0412. The van der Waals surface area contributed by atoms with Gasteiger partial charge in [0, 0.05) is 5.75 Å². The molecule has 3 nitrogen and oxygen atoms in total. The summed E-state index contributed by atoms with van der Waals surface area (Å²) in [5, 5.41) is 0.0751. The molecule has 154 valence electrons. The van der Waals surface area contributed by atoms with Crippen molar-refractivity contribution in [3.05, 3.63) is 48.6 Å². The van der Waals surface area contributed by atoms with Crippen LogP contribution in [0.5, 0.6) is 0 Å². The Kier molecular flexibility index (Phi) is 7.70. The van der Waals surface area contributed by atoms with Crippen LogP contribution in [0.1, 0.15) is 33.3 Å². The maximum absolute atomic E-state index is 13.4. The third-order valence-electron chi connectivity index (χ3n) is 5.86. The topological polar surface area (TPSA) is 29.5 Å². The van der Waals surface area contributed by atoms with E-state index in [0.29, 0.717) is 4.32 Å².